The highest BCUT2D eigenvalue weighted by atomic mass is 16.5. The topological polar surface area (TPSA) is 26.3 Å². The predicted octanol–water partition coefficient (Wildman–Crippen LogP) is 4.51. The van der Waals surface area contributed by atoms with Crippen molar-refractivity contribution in [3.8, 4) is 5.75 Å². The summed E-state index contributed by atoms with van der Waals surface area (Å²) in [6.45, 7) is 6.76. The van der Waals surface area contributed by atoms with Gasteiger partial charge in [0.15, 0.2) is 0 Å². The lowest BCUT2D eigenvalue weighted by Gasteiger charge is -2.18. The van der Waals surface area contributed by atoms with Gasteiger partial charge in [-0.05, 0) is 36.1 Å². The molecule has 20 heavy (non-hydrogen) atoms. The summed E-state index contributed by atoms with van der Waals surface area (Å²) in [4.78, 5) is 11.1. The smallest absolute Gasteiger partial charge is 0.150 e. The van der Waals surface area contributed by atoms with E-state index in [0.29, 0.717) is 12.5 Å². The second-order valence-corrected chi connectivity index (χ2v) is 5.24. The third kappa shape index (κ3) is 3.08. The zero-order valence-electron chi connectivity index (χ0n) is 12.2. The number of rotatable bonds is 5. The minimum Gasteiger partial charge on any atom is -0.489 e. The van der Waals surface area contributed by atoms with Crippen molar-refractivity contribution in [2.45, 2.75) is 33.3 Å². The molecule has 0 aromatic heterocycles. The average Bonchev–Trinajstić information content (AvgIpc) is 2.45. The monoisotopic (exact) mass is 268 g/mol. The van der Waals surface area contributed by atoms with E-state index >= 15 is 0 Å². The van der Waals surface area contributed by atoms with E-state index < -0.39 is 0 Å². The number of hydrogen-bond acceptors (Lipinski definition) is 2. The Morgan fingerprint density at radius 1 is 1.10 bits per heavy atom. The highest BCUT2D eigenvalue weighted by Gasteiger charge is 2.14. The highest BCUT2D eigenvalue weighted by molar-refractivity contribution is 5.78. The summed E-state index contributed by atoms with van der Waals surface area (Å²) in [5.74, 6) is 1.19. The SMILES string of the molecule is Cc1c(C=O)ccc(OCc2ccccc2)c1C(C)C. The molecule has 0 atom stereocenters. The van der Waals surface area contributed by atoms with Gasteiger partial charge in [-0.25, -0.2) is 0 Å². The molecule has 0 aliphatic rings. The van der Waals surface area contributed by atoms with E-state index in [4.69, 9.17) is 4.74 Å². The van der Waals surface area contributed by atoms with Gasteiger partial charge in [0.05, 0.1) is 0 Å². The van der Waals surface area contributed by atoms with E-state index in [1.54, 1.807) is 0 Å². The van der Waals surface area contributed by atoms with Gasteiger partial charge in [-0.2, -0.15) is 0 Å². The van der Waals surface area contributed by atoms with Crippen molar-refractivity contribution < 1.29 is 9.53 Å². The summed E-state index contributed by atoms with van der Waals surface area (Å²) in [7, 11) is 0. The number of ether oxygens (including phenoxy) is 1. The molecule has 2 aromatic rings. The van der Waals surface area contributed by atoms with Gasteiger partial charge in [-0.1, -0.05) is 44.2 Å². The number of carbonyl (C=O) groups is 1. The molecule has 2 aromatic carbocycles. The maximum Gasteiger partial charge on any atom is 0.150 e. The Hall–Kier alpha value is -2.09. The summed E-state index contributed by atoms with van der Waals surface area (Å²) >= 11 is 0. The maximum atomic E-state index is 11.1. The van der Waals surface area contributed by atoms with Gasteiger partial charge in [-0.15, -0.1) is 0 Å². The molecule has 0 bridgehead atoms. The highest BCUT2D eigenvalue weighted by Crippen LogP contribution is 2.31. The normalized spacial score (nSPS) is 10.6. The van der Waals surface area contributed by atoms with Crippen LogP contribution in [0.15, 0.2) is 42.5 Å². The number of benzene rings is 2. The number of aldehydes is 1. The molecule has 2 nitrogen and oxygen atoms in total. The van der Waals surface area contributed by atoms with Crippen LogP contribution in [0.5, 0.6) is 5.75 Å². The van der Waals surface area contributed by atoms with E-state index in [9.17, 15) is 4.79 Å². The molecule has 0 amide bonds. The molecule has 0 saturated carbocycles. The van der Waals surface area contributed by atoms with Crippen LogP contribution < -0.4 is 4.74 Å². The first-order valence-electron chi connectivity index (χ1n) is 6.89. The molecular weight excluding hydrogens is 248 g/mol. The standard InChI is InChI=1S/C18H20O2/c1-13(2)18-14(3)16(11-19)9-10-17(18)20-12-15-7-5-4-6-8-15/h4-11,13H,12H2,1-3H3. The molecule has 0 N–H and O–H groups in total. The lowest BCUT2D eigenvalue weighted by molar-refractivity contribution is 0.112. The summed E-state index contributed by atoms with van der Waals surface area (Å²) < 4.78 is 5.95. The number of hydrogen-bond donors (Lipinski definition) is 0. The Morgan fingerprint density at radius 2 is 1.80 bits per heavy atom. The van der Waals surface area contributed by atoms with Crippen LogP contribution in [-0.2, 0) is 6.61 Å². The van der Waals surface area contributed by atoms with Gasteiger partial charge in [0.25, 0.3) is 0 Å². The van der Waals surface area contributed by atoms with Crippen molar-refractivity contribution >= 4 is 6.29 Å². The summed E-state index contributed by atoms with van der Waals surface area (Å²) in [6, 6.07) is 13.8. The minimum absolute atomic E-state index is 0.320. The Kier molecular flexibility index (Phi) is 4.57. The third-order valence-corrected chi connectivity index (χ3v) is 3.46. The van der Waals surface area contributed by atoms with Crippen molar-refractivity contribution in [1.82, 2.24) is 0 Å². The summed E-state index contributed by atoms with van der Waals surface area (Å²) in [6.07, 6.45) is 0.905. The van der Waals surface area contributed by atoms with Crippen LogP contribution in [0.4, 0.5) is 0 Å². The Bertz CT molecular complexity index is 586. The maximum absolute atomic E-state index is 11.1. The predicted molar refractivity (Wildman–Crippen MR) is 81.4 cm³/mol. The summed E-state index contributed by atoms with van der Waals surface area (Å²) in [5.41, 5.74) is 4.01. The van der Waals surface area contributed by atoms with Gasteiger partial charge in [0.2, 0.25) is 0 Å². The van der Waals surface area contributed by atoms with E-state index in [1.807, 2.05) is 49.4 Å². The van der Waals surface area contributed by atoms with Crippen LogP contribution in [0.2, 0.25) is 0 Å². The molecular formula is C18H20O2. The second-order valence-electron chi connectivity index (χ2n) is 5.24. The lowest BCUT2D eigenvalue weighted by Crippen LogP contribution is -2.03. The molecule has 0 saturated heterocycles. The van der Waals surface area contributed by atoms with Crippen LogP contribution >= 0.6 is 0 Å². The summed E-state index contributed by atoms with van der Waals surface area (Å²) in [5, 5.41) is 0. The van der Waals surface area contributed by atoms with E-state index in [-0.39, 0.29) is 0 Å². The molecule has 2 rings (SSSR count). The molecule has 0 unspecified atom stereocenters. The van der Waals surface area contributed by atoms with Gasteiger partial charge >= 0.3 is 0 Å². The van der Waals surface area contributed by atoms with E-state index in [2.05, 4.69) is 13.8 Å². The fraction of sp³-hybridized carbons (Fsp3) is 0.278. The Balaban J connectivity index is 2.27. The third-order valence-electron chi connectivity index (χ3n) is 3.46. The van der Waals surface area contributed by atoms with Crippen molar-refractivity contribution in [1.29, 1.82) is 0 Å². The van der Waals surface area contributed by atoms with Crippen LogP contribution in [0.25, 0.3) is 0 Å². The molecule has 104 valence electrons. The average molecular weight is 268 g/mol. The van der Waals surface area contributed by atoms with Crippen molar-refractivity contribution in [3.05, 3.63) is 64.7 Å². The van der Waals surface area contributed by atoms with Crippen LogP contribution in [-0.4, -0.2) is 6.29 Å². The largest absolute Gasteiger partial charge is 0.489 e. The van der Waals surface area contributed by atoms with Crippen LogP contribution in [0.1, 0.15) is 46.8 Å². The molecule has 0 aliphatic carbocycles. The molecule has 0 aliphatic heterocycles. The van der Waals surface area contributed by atoms with Crippen molar-refractivity contribution in [3.63, 3.8) is 0 Å². The molecule has 0 fully saturated rings. The van der Waals surface area contributed by atoms with Crippen LogP contribution in [0.3, 0.4) is 0 Å². The van der Waals surface area contributed by atoms with Crippen LogP contribution in [0, 0.1) is 6.92 Å². The van der Waals surface area contributed by atoms with E-state index in [1.165, 1.54) is 0 Å². The first kappa shape index (κ1) is 14.3. The van der Waals surface area contributed by atoms with Crippen molar-refractivity contribution in [2.24, 2.45) is 0 Å². The van der Waals surface area contributed by atoms with E-state index in [0.717, 1.165) is 34.3 Å². The Morgan fingerprint density at radius 3 is 2.40 bits per heavy atom. The molecule has 0 spiro atoms. The molecule has 2 heteroatoms. The molecule has 0 radical (unpaired) electrons. The Labute approximate surface area is 120 Å². The fourth-order valence-corrected chi connectivity index (χ4v) is 2.43. The minimum atomic E-state index is 0.320. The quantitative estimate of drug-likeness (QED) is 0.746. The first-order chi connectivity index (χ1) is 9.63. The molecule has 0 heterocycles. The van der Waals surface area contributed by atoms with Gasteiger partial charge in [0, 0.05) is 11.1 Å². The fourth-order valence-electron chi connectivity index (χ4n) is 2.43. The lowest BCUT2D eigenvalue weighted by atomic mass is 9.93. The first-order valence-corrected chi connectivity index (χ1v) is 6.89. The van der Waals surface area contributed by atoms with Gasteiger partial charge in [0.1, 0.15) is 18.6 Å². The van der Waals surface area contributed by atoms with Gasteiger partial charge in [-0.3, -0.25) is 4.79 Å². The zero-order chi connectivity index (χ0) is 14.5. The van der Waals surface area contributed by atoms with Crippen molar-refractivity contribution in [2.75, 3.05) is 0 Å². The number of carbonyl (C=O) groups excluding carboxylic acids is 1. The zero-order valence-corrected chi connectivity index (χ0v) is 12.2. The second kappa shape index (κ2) is 6.38. The van der Waals surface area contributed by atoms with Gasteiger partial charge < -0.3 is 4.74 Å².